The molecule has 6 N–H and O–H groups in total. The molecule has 1 heterocycles. The molecule has 6 heteroatoms. The van der Waals surface area contributed by atoms with Gasteiger partial charge in [0.2, 0.25) is 5.91 Å². The molecular weight excluding hydrogens is 350 g/mol. The molecule has 0 radical (unpaired) electrons. The second kappa shape index (κ2) is 9.19. The summed E-state index contributed by atoms with van der Waals surface area (Å²) in [5.41, 5.74) is 15.6. The van der Waals surface area contributed by atoms with E-state index < -0.39 is 6.17 Å². The van der Waals surface area contributed by atoms with Crippen LogP contribution in [-0.4, -0.2) is 17.1 Å². The van der Waals surface area contributed by atoms with Gasteiger partial charge in [0.1, 0.15) is 5.82 Å². The first-order valence-corrected chi connectivity index (χ1v) is 9.55. The lowest BCUT2D eigenvalue weighted by molar-refractivity contribution is -0.111. The zero-order valence-corrected chi connectivity index (χ0v) is 15.9. The van der Waals surface area contributed by atoms with Crippen molar-refractivity contribution in [3.05, 3.63) is 66.9 Å². The summed E-state index contributed by atoms with van der Waals surface area (Å²) >= 11 is 0. The van der Waals surface area contributed by atoms with Crippen LogP contribution >= 0.6 is 0 Å². The van der Waals surface area contributed by atoms with Crippen LogP contribution in [-0.2, 0) is 4.79 Å². The van der Waals surface area contributed by atoms with E-state index in [1.54, 1.807) is 0 Å². The minimum absolute atomic E-state index is 0.252. The van der Waals surface area contributed by atoms with Crippen molar-refractivity contribution in [2.24, 2.45) is 17.4 Å². The third-order valence-electron chi connectivity index (χ3n) is 4.87. The number of hydrogen-bond donors (Lipinski definition) is 4. The lowest BCUT2D eigenvalue weighted by atomic mass is 10.0. The van der Waals surface area contributed by atoms with Crippen LogP contribution in [0.15, 0.2) is 66.9 Å². The van der Waals surface area contributed by atoms with Crippen molar-refractivity contribution in [2.75, 3.05) is 10.6 Å². The van der Waals surface area contributed by atoms with Gasteiger partial charge in [-0.15, -0.1) is 0 Å². The molecule has 1 saturated carbocycles. The Morgan fingerprint density at radius 3 is 2.71 bits per heavy atom. The number of amides is 1. The van der Waals surface area contributed by atoms with Crippen molar-refractivity contribution in [1.29, 1.82) is 0 Å². The molecule has 0 aliphatic heterocycles. The summed E-state index contributed by atoms with van der Waals surface area (Å²) in [4.78, 5) is 16.1. The molecular formula is C22H27N5O. The highest BCUT2D eigenvalue weighted by Gasteiger charge is 2.17. The Kier molecular flexibility index (Phi) is 6.45. The van der Waals surface area contributed by atoms with Crippen molar-refractivity contribution in [2.45, 2.75) is 31.8 Å². The maximum atomic E-state index is 11.5. The highest BCUT2D eigenvalue weighted by molar-refractivity contribution is 5.99. The number of pyridine rings is 1. The molecule has 6 nitrogen and oxygen atoms in total. The largest absolute Gasteiger partial charge is 0.402 e. The van der Waals surface area contributed by atoms with Gasteiger partial charge >= 0.3 is 0 Å². The summed E-state index contributed by atoms with van der Waals surface area (Å²) in [6.45, 7) is 3.46. The van der Waals surface area contributed by atoms with E-state index in [0.717, 1.165) is 29.8 Å². The number of hydrogen-bond acceptors (Lipinski definition) is 5. The smallest absolute Gasteiger partial charge is 0.247 e. The molecule has 0 bridgehead atoms. The number of nitrogens with two attached hydrogens (primary N) is 2. The summed E-state index contributed by atoms with van der Waals surface area (Å²) in [5, 5.41) is 5.94. The molecule has 1 aromatic heterocycles. The monoisotopic (exact) mass is 377 g/mol. The SMILES string of the molecule is C=CC(=O)Nc1cccc(-c2cccc(NC(N)/C=C(\N)C3CCCC3)n2)c1. The number of carbonyl (C=O) groups excluding carboxylic acids is 1. The summed E-state index contributed by atoms with van der Waals surface area (Å²) in [6, 6.07) is 13.2. The van der Waals surface area contributed by atoms with Gasteiger partial charge in [0.05, 0.1) is 11.9 Å². The van der Waals surface area contributed by atoms with E-state index in [2.05, 4.69) is 22.2 Å². The maximum absolute atomic E-state index is 11.5. The lowest BCUT2D eigenvalue weighted by Crippen LogP contribution is -2.29. The second-order valence-corrected chi connectivity index (χ2v) is 7.00. The molecule has 1 amide bonds. The Balaban J connectivity index is 1.71. The highest BCUT2D eigenvalue weighted by Crippen LogP contribution is 2.28. The molecule has 0 spiro atoms. The van der Waals surface area contributed by atoms with E-state index in [1.807, 2.05) is 48.5 Å². The molecule has 28 heavy (non-hydrogen) atoms. The quantitative estimate of drug-likeness (QED) is 0.436. The minimum atomic E-state index is -0.401. The first-order chi connectivity index (χ1) is 13.5. The maximum Gasteiger partial charge on any atom is 0.247 e. The number of carbonyl (C=O) groups is 1. The first-order valence-electron chi connectivity index (χ1n) is 9.55. The first kappa shape index (κ1) is 19.6. The van der Waals surface area contributed by atoms with Gasteiger partial charge in [-0.3, -0.25) is 4.79 Å². The summed E-state index contributed by atoms with van der Waals surface area (Å²) in [5.74, 6) is 0.861. The van der Waals surface area contributed by atoms with Crippen LogP contribution < -0.4 is 22.1 Å². The standard InChI is InChI=1S/C22H27N5O/c1-2-22(28)25-17-10-5-9-16(13-17)19-11-6-12-21(26-19)27-20(24)14-18(23)15-7-3-4-8-15/h2,5-6,9-15,20H,1,3-4,7-8,23-24H2,(H,25,28)(H,26,27)/b18-14-. The van der Waals surface area contributed by atoms with Crippen molar-refractivity contribution >= 4 is 17.4 Å². The van der Waals surface area contributed by atoms with Gasteiger partial charge in [-0.05, 0) is 55.2 Å². The van der Waals surface area contributed by atoms with Gasteiger partial charge in [-0.1, -0.05) is 37.6 Å². The second-order valence-electron chi connectivity index (χ2n) is 7.00. The predicted molar refractivity (Wildman–Crippen MR) is 114 cm³/mol. The normalized spacial score (nSPS) is 15.8. The van der Waals surface area contributed by atoms with Gasteiger partial charge in [-0.25, -0.2) is 4.98 Å². The third-order valence-corrected chi connectivity index (χ3v) is 4.87. The summed E-state index contributed by atoms with van der Waals surface area (Å²) < 4.78 is 0. The van der Waals surface area contributed by atoms with Gasteiger partial charge < -0.3 is 22.1 Å². The number of allylic oxidation sites excluding steroid dienone is 1. The van der Waals surface area contributed by atoms with E-state index in [0.29, 0.717) is 17.4 Å². The van der Waals surface area contributed by atoms with Crippen LogP contribution in [0, 0.1) is 5.92 Å². The fourth-order valence-corrected chi connectivity index (χ4v) is 3.44. The van der Waals surface area contributed by atoms with Gasteiger partial charge in [0, 0.05) is 16.9 Å². The molecule has 0 saturated heterocycles. The molecule has 1 aliphatic rings. The van der Waals surface area contributed by atoms with Crippen LogP contribution in [0.2, 0.25) is 0 Å². The van der Waals surface area contributed by atoms with E-state index in [1.165, 1.54) is 18.9 Å². The van der Waals surface area contributed by atoms with Crippen LogP contribution in [0.5, 0.6) is 0 Å². The van der Waals surface area contributed by atoms with Gasteiger partial charge in [-0.2, -0.15) is 0 Å². The average molecular weight is 377 g/mol. The third kappa shape index (κ3) is 5.20. The predicted octanol–water partition coefficient (Wildman–Crippen LogP) is 3.60. The van der Waals surface area contributed by atoms with E-state index >= 15 is 0 Å². The Bertz CT molecular complexity index is 871. The molecule has 3 rings (SSSR count). The zero-order chi connectivity index (χ0) is 19.9. The van der Waals surface area contributed by atoms with Crippen LogP contribution in [0.1, 0.15) is 25.7 Å². The highest BCUT2D eigenvalue weighted by atomic mass is 16.1. The van der Waals surface area contributed by atoms with Crippen molar-refractivity contribution in [3.63, 3.8) is 0 Å². The van der Waals surface area contributed by atoms with Crippen molar-refractivity contribution in [3.8, 4) is 11.3 Å². The van der Waals surface area contributed by atoms with Gasteiger partial charge in [0.15, 0.2) is 0 Å². The lowest BCUT2D eigenvalue weighted by Gasteiger charge is -2.15. The Morgan fingerprint density at radius 2 is 1.96 bits per heavy atom. The average Bonchev–Trinajstić information content (AvgIpc) is 3.23. The molecule has 146 valence electrons. The fourth-order valence-electron chi connectivity index (χ4n) is 3.44. The van der Waals surface area contributed by atoms with E-state index in [9.17, 15) is 4.79 Å². The topological polar surface area (TPSA) is 106 Å². The number of benzene rings is 1. The molecule has 1 aromatic carbocycles. The van der Waals surface area contributed by atoms with Crippen LogP contribution in [0.25, 0.3) is 11.3 Å². The van der Waals surface area contributed by atoms with E-state index in [-0.39, 0.29) is 5.91 Å². The Hall–Kier alpha value is -3.12. The summed E-state index contributed by atoms with van der Waals surface area (Å²) in [7, 11) is 0. The van der Waals surface area contributed by atoms with Crippen molar-refractivity contribution in [1.82, 2.24) is 4.98 Å². The Labute approximate surface area is 165 Å². The molecule has 1 aliphatic carbocycles. The van der Waals surface area contributed by atoms with Crippen molar-refractivity contribution < 1.29 is 4.79 Å². The number of rotatable bonds is 7. The molecule has 2 aromatic rings. The molecule has 1 fully saturated rings. The zero-order valence-electron chi connectivity index (χ0n) is 15.9. The Morgan fingerprint density at radius 1 is 1.21 bits per heavy atom. The minimum Gasteiger partial charge on any atom is -0.402 e. The van der Waals surface area contributed by atoms with E-state index in [4.69, 9.17) is 11.5 Å². The number of nitrogens with zero attached hydrogens (tertiary/aromatic N) is 1. The van der Waals surface area contributed by atoms with Crippen LogP contribution in [0.3, 0.4) is 0 Å². The number of aromatic nitrogens is 1. The number of nitrogens with one attached hydrogen (secondary N) is 2. The van der Waals surface area contributed by atoms with Gasteiger partial charge in [0.25, 0.3) is 0 Å². The molecule has 1 atom stereocenters. The fraction of sp³-hybridized carbons (Fsp3) is 0.273. The summed E-state index contributed by atoms with van der Waals surface area (Å²) in [6.07, 6.45) is 7.47. The molecule has 1 unspecified atom stereocenters. The number of anilines is 2. The van der Waals surface area contributed by atoms with Crippen LogP contribution in [0.4, 0.5) is 11.5 Å².